The van der Waals surface area contributed by atoms with Crippen molar-refractivity contribution in [3.63, 3.8) is 0 Å². The molecular weight excluding hydrogens is 191 g/mol. The minimum Gasteiger partial charge on any atom is -0.361 e. The highest BCUT2D eigenvalue weighted by molar-refractivity contribution is 7.99. The van der Waals surface area contributed by atoms with Gasteiger partial charge in [0, 0.05) is 0 Å². The minimum absolute atomic E-state index is 0.0828. The van der Waals surface area contributed by atoms with Crippen LogP contribution in [-0.2, 0) is 4.74 Å². The Bertz CT molecular complexity index is 109. The number of alkyl halides is 3. The molecule has 0 aliphatic heterocycles. The summed E-state index contributed by atoms with van der Waals surface area (Å²) in [5, 5.41) is 0. The molecule has 0 heterocycles. The maximum absolute atomic E-state index is 11.5. The van der Waals surface area contributed by atoms with Crippen molar-refractivity contribution in [3.8, 4) is 0 Å². The molecule has 0 fully saturated rings. The second kappa shape index (κ2) is 6.56. The molecule has 74 valence electrons. The Kier molecular flexibility index (Phi) is 6.60. The molecule has 0 unspecified atom stereocenters. The molecule has 0 aromatic rings. The van der Waals surface area contributed by atoms with Crippen molar-refractivity contribution in [2.75, 3.05) is 24.8 Å². The molecule has 0 rings (SSSR count). The Hall–Kier alpha value is 0.0600. The zero-order chi connectivity index (χ0) is 9.45. The van der Waals surface area contributed by atoms with Crippen LogP contribution in [0.2, 0.25) is 0 Å². The van der Waals surface area contributed by atoms with Crippen LogP contribution < -0.4 is 5.73 Å². The average Bonchev–Trinajstić information content (AvgIpc) is 1.94. The average molecular weight is 203 g/mol. The number of ether oxygens (including phenoxy) is 1. The van der Waals surface area contributed by atoms with E-state index < -0.39 is 12.8 Å². The highest BCUT2D eigenvalue weighted by Crippen LogP contribution is 2.15. The van der Waals surface area contributed by atoms with Gasteiger partial charge in [0.25, 0.3) is 0 Å². The zero-order valence-electron chi connectivity index (χ0n) is 6.56. The summed E-state index contributed by atoms with van der Waals surface area (Å²) in [5.41, 5.74) is 5.18. The molecule has 0 aromatic heterocycles. The molecular formula is C6H12F3NOS. The summed E-state index contributed by atoms with van der Waals surface area (Å²) in [6.07, 6.45) is -3.41. The maximum Gasteiger partial charge on any atom is 0.411 e. The van der Waals surface area contributed by atoms with Crippen molar-refractivity contribution in [1.82, 2.24) is 0 Å². The van der Waals surface area contributed by atoms with Gasteiger partial charge in [-0.15, -0.1) is 11.8 Å². The molecule has 0 saturated heterocycles. The van der Waals surface area contributed by atoms with E-state index in [1.807, 2.05) is 0 Å². The molecule has 0 bridgehead atoms. The summed E-state index contributed by atoms with van der Waals surface area (Å²) in [6, 6.07) is 0. The number of hydrogen-bond acceptors (Lipinski definition) is 3. The number of nitrogens with two attached hydrogens (primary N) is 1. The number of rotatable bonds is 6. The first-order chi connectivity index (χ1) is 5.56. The Morgan fingerprint density at radius 2 is 2.00 bits per heavy atom. The van der Waals surface area contributed by atoms with Gasteiger partial charge < -0.3 is 10.5 Å². The van der Waals surface area contributed by atoms with Crippen LogP contribution in [0.1, 0.15) is 6.42 Å². The van der Waals surface area contributed by atoms with Gasteiger partial charge in [-0.3, -0.25) is 0 Å². The largest absolute Gasteiger partial charge is 0.411 e. The summed E-state index contributed by atoms with van der Waals surface area (Å²) >= 11 is 1.32. The fourth-order valence-corrected chi connectivity index (χ4v) is 1.15. The van der Waals surface area contributed by atoms with Gasteiger partial charge in [0.05, 0.1) is 5.94 Å². The quantitative estimate of drug-likeness (QED) is 0.526. The molecule has 0 saturated carbocycles. The van der Waals surface area contributed by atoms with Crippen molar-refractivity contribution < 1.29 is 17.9 Å². The lowest BCUT2D eigenvalue weighted by molar-refractivity contribution is -0.168. The van der Waals surface area contributed by atoms with Crippen LogP contribution in [0.5, 0.6) is 0 Å². The van der Waals surface area contributed by atoms with E-state index in [4.69, 9.17) is 5.73 Å². The van der Waals surface area contributed by atoms with E-state index in [9.17, 15) is 13.2 Å². The van der Waals surface area contributed by atoms with Gasteiger partial charge in [0.15, 0.2) is 0 Å². The molecule has 2 nitrogen and oxygen atoms in total. The third-order valence-electron chi connectivity index (χ3n) is 0.925. The Morgan fingerprint density at radius 1 is 1.33 bits per heavy atom. The second-order valence-electron chi connectivity index (χ2n) is 2.13. The first kappa shape index (κ1) is 12.1. The van der Waals surface area contributed by atoms with Crippen LogP contribution in [-0.4, -0.2) is 31.0 Å². The smallest absolute Gasteiger partial charge is 0.361 e. The normalized spacial score (nSPS) is 12.0. The summed E-state index contributed by atoms with van der Waals surface area (Å²) in [4.78, 5) is 0. The van der Waals surface area contributed by atoms with Crippen LogP contribution in [0.4, 0.5) is 13.2 Å². The van der Waals surface area contributed by atoms with Gasteiger partial charge in [0.2, 0.25) is 0 Å². The monoisotopic (exact) mass is 203 g/mol. The van der Waals surface area contributed by atoms with E-state index >= 15 is 0 Å². The minimum atomic E-state index is -4.21. The predicted molar refractivity (Wildman–Crippen MR) is 43.0 cm³/mol. The zero-order valence-corrected chi connectivity index (χ0v) is 7.38. The Morgan fingerprint density at radius 3 is 2.50 bits per heavy atom. The molecule has 2 N–H and O–H groups in total. The molecule has 0 aromatic carbocycles. The first-order valence-electron chi connectivity index (χ1n) is 3.48. The highest BCUT2D eigenvalue weighted by Gasteiger charge is 2.27. The third kappa shape index (κ3) is 10.1. The summed E-state index contributed by atoms with van der Waals surface area (Å²) in [7, 11) is 0. The Balaban J connectivity index is 3.01. The standard InChI is InChI=1S/C6H12F3NOS/c7-6(8,9)4-11-5-12-3-1-2-10/h1-5,10H2. The summed E-state index contributed by atoms with van der Waals surface area (Å²) in [6.45, 7) is -0.602. The molecule has 0 radical (unpaired) electrons. The van der Waals surface area contributed by atoms with Gasteiger partial charge >= 0.3 is 6.18 Å². The fourth-order valence-electron chi connectivity index (χ4n) is 0.461. The Labute approximate surface area is 73.6 Å². The molecule has 0 amide bonds. The van der Waals surface area contributed by atoms with E-state index in [-0.39, 0.29) is 5.94 Å². The van der Waals surface area contributed by atoms with E-state index in [0.29, 0.717) is 6.54 Å². The van der Waals surface area contributed by atoms with Crippen molar-refractivity contribution in [3.05, 3.63) is 0 Å². The number of halogens is 3. The SMILES string of the molecule is NCCCSCOCC(F)(F)F. The van der Waals surface area contributed by atoms with E-state index in [0.717, 1.165) is 12.2 Å². The van der Waals surface area contributed by atoms with Gasteiger partial charge in [-0.25, -0.2) is 0 Å². The van der Waals surface area contributed by atoms with Gasteiger partial charge in [-0.1, -0.05) is 0 Å². The van der Waals surface area contributed by atoms with E-state index in [1.54, 1.807) is 0 Å². The number of thioether (sulfide) groups is 1. The van der Waals surface area contributed by atoms with Gasteiger partial charge in [-0.2, -0.15) is 13.2 Å². The molecule has 0 spiro atoms. The van der Waals surface area contributed by atoms with Crippen molar-refractivity contribution in [2.45, 2.75) is 12.6 Å². The van der Waals surface area contributed by atoms with Crippen LogP contribution >= 0.6 is 11.8 Å². The van der Waals surface area contributed by atoms with Crippen LogP contribution in [0.3, 0.4) is 0 Å². The molecule has 12 heavy (non-hydrogen) atoms. The maximum atomic E-state index is 11.5. The molecule has 6 heteroatoms. The van der Waals surface area contributed by atoms with Crippen LogP contribution in [0.15, 0.2) is 0 Å². The van der Waals surface area contributed by atoms with Crippen LogP contribution in [0.25, 0.3) is 0 Å². The third-order valence-corrected chi connectivity index (χ3v) is 1.84. The van der Waals surface area contributed by atoms with Crippen molar-refractivity contribution in [1.29, 1.82) is 0 Å². The summed E-state index contributed by atoms with van der Waals surface area (Å²) in [5.74, 6) is 0.827. The van der Waals surface area contributed by atoms with E-state index in [2.05, 4.69) is 4.74 Å². The number of hydrogen-bond donors (Lipinski definition) is 1. The van der Waals surface area contributed by atoms with Gasteiger partial charge in [0.1, 0.15) is 6.61 Å². The molecule has 0 aliphatic carbocycles. The molecule has 0 aliphatic rings. The highest BCUT2D eigenvalue weighted by atomic mass is 32.2. The topological polar surface area (TPSA) is 35.2 Å². The van der Waals surface area contributed by atoms with Gasteiger partial charge in [-0.05, 0) is 18.7 Å². The fraction of sp³-hybridized carbons (Fsp3) is 1.00. The van der Waals surface area contributed by atoms with E-state index in [1.165, 1.54) is 11.8 Å². The summed E-state index contributed by atoms with van der Waals surface area (Å²) < 4.78 is 38.8. The predicted octanol–water partition coefficient (Wildman–Crippen LogP) is 1.60. The lowest BCUT2D eigenvalue weighted by Crippen LogP contribution is -2.16. The lowest BCUT2D eigenvalue weighted by atomic mass is 10.5. The van der Waals surface area contributed by atoms with Crippen molar-refractivity contribution >= 4 is 11.8 Å². The van der Waals surface area contributed by atoms with Crippen molar-refractivity contribution in [2.24, 2.45) is 5.73 Å². The first-order valence-corrected chi connectivity index (χ1v) is 4.64. The van der Waals surface area contributed by atoms with Crippen LogP contribution in [0, 0.1) is 0 Å². The second-order valence-corrected chi connectivity index (χ2v) is 3.18. The molecule has 0 atom stereocenters. The lowest BCUT2D eigenvalue weighted by Gasteiger charge is -2.06.